The molecule has 0 saturated carbocycles. The molecule has 6 nitrogen and oxygen atoms in total. The second-order valence-electron chi connectivity index (χ2n) is 13.4. The molecule has 0 radical (unpaired) electrons. The van der Waals surface area contributed by atoms with Crippen LogP contribution in [-0.4, -0.2) is 0 Å². The number of hydrogen-bond donors (Lipinski definition) is 0. The average Bonchev–Trinajstić information content (AvgIpc) is 3.22. The van der Waals surface area contributed by atoms with E-state index in [1.54, 1.807) is 0 Å². The van der Waals surface area contributed by atoms with Crippen molar-refractivity contribution in [1.82, 2.24) is 0 Å². The summed E-state index contributed by atoms with van der Waals surface area (Å²) in [6.45, 7) is 0.430. The van der Waals surface area contributed by atoms with E-state index in [0.717, 1.165) is 33.4 Å². The molecule has 0 saturated heterocycles. The van der Waals surface area contributed by atoms with Gasteiger partial charge in [0, 0.05) is 11.1 Å². The fourth-order valence-corrected chi connectivity index (χ4v) is 12.4. The normalized spacial score (nSPS) is 19.1. The van der Waals surface area contributed by atoms with Crippen LogP contribution in [0.15, 0.2) is 182 Å². The average molecular weight is 747 g/mol. The second-order valence-corrected chi connectivity index (χ2v) is 18.0. The summed E-state index contributed by atoms with van der Waals surface area (Å²) in [6.07, 6.45) is 0. The number of ether oxygens (including phenoxy) is 2. The van der Waals surface area contributed by atoms with Gasteiger partial charge in [0.25, 0.3) is 0 Å². The van der Waals surface area contributed by atoms with Crippen molar-refractivity contribution >= 4 is 25.3 Å². The quantitative estimate of drug-likeness (QED) is 0.130. The fourth-order valence-electron chi connectivity index (χ4n) is 7.33. The molecule has 2 heterocycles. The Morgan fingerprint density at radius 1 is 0.389 bits per heavy atom. The van der Waals surface area contributed by atoms with Crippen LogP contribution in [0.5, 0.6) is 11.5 Å². The molecule has 2 aliphatic rings. The zero-order valence-corrected chi connectivity index (χ0v) is 31.0. The summed E-state index contributed by atoms with van der Waals surface area (Å²) in [5, 5.41) is 1.20. The molecule has 0 aromatic heterocycles. The van der Waals surface area contributed by atoms with Crippen molar-refractivity contribution in [2.45, 2.75) is 24.9 Å². The molecular weight excluding hydrogens is 710 g/mol. The Morgan fingerprint density at radius 2 is 0.722 bits per heavy atom. The molecule has 54 heavy (non-hydrogen) atoms. The van der Waals surface area contributed by atoms with Gasteiger partial charge in [-0.1, -0.05) is 158 Å². The zero-order chi connectivity index (χ0) is 36.5. The number of fused-ring (bicyclic) bond motifs is 6. The van der Waals surface area contributed by atoms with E-state index < -0.39 is 26.4 Å². The predicted molar refractivity (Wildman–Crippen MR) is 214 cm³/mol. The number of hydrogen-bond acceptors (Lipinski definition) is 6. The van der Waals surface area contributed by atoms with Crippen molar-refractivity contribution in [2.24, 2.45) is 0 Å². The van der Waals surface area contributed by atoms with Crippen molar-refractivity contribution in [2.75, 3.05) is 0 Å². The first-order valence-electron chi connectivity index (χ1n) is 17.9. The van der Waals surface area contributed by atoms with Gasteiger partial charge in [-0.05, 0) is 57.6 Å². The first-order chi connectivity index (χ1) is 26.5. The summed E-state index contributed by atoms with van der Waals surface area (Å²) in [5.41, 5.74) is 6.67. The van der Waals surface area contributed by atoms with Crippen LogP contribution in [0, 0.1) is 0 Å². The van der Waals surface area contributed by atoms with Gasteiger partial charge in [0.05, 0.1) is 23.8 Å². The highest BCUT2D eigenvalue weighted by atomic mass is 31.2. The van der Waals surface area contributed by atoms with Gasteiger partial charge in [-0.15, -0.1) is 0 Å². The molecule has 0 bridgehead atoms. The van der Waals surface area contributed by atoms with E-state index in [2.05, 4.69) is 0 Å². The van der Waals surface area contributed by atoms with Crippen LogP contribution in [0.25, 0.3) is 22.3 Å². The Morgan fingerprint density at radius 3 is 1.13 bits per heavy atom. The number of benzene rings is 7. The van der Waals surface area contributed by atoms with Crippen molar-refractivity contribution < 1.29 is 27.7 Å². The van der Waals surface area contributed by atoms with Gasteiger partial charge in [0.15, 0.2) is 11.7 Å². The highest BCUT2D eigenvalue weighted by molar-refractivity contribution is 7.68. The molecule has 266 valence electrons. The van der Waals surface area contributed by atoms with E-state index in [-0.39, 0.29) is 13.2 Å². The first kappa shape index (κ1) is 34.3. The molecule has 4 unspecified atom stereocenters. The van der Waals surface area contributed by atoms with Gasteiger partial charge in [-0.25, -0.2) is 0 Å². The highest BCUT2D eigenvalue weighted by Crippen LogP contribution is 2.66. The molecule has 8 heteroatoms. The summed E-state index contributed by atoms with van der Waals surface area (Å²) in [4.78, 5) is 0. The van der Waals surface area contributed by atoms with Crippen LogP contribution in [0.2, 0.25) is 0 Å². The number of rotatable bonds is 10. The third-order valence-corrected chi connectivity index (χ3v) is 15.1. The Labute approximate surface area is 314 Å². The minimum absolute atomic E-state index is 0.215. The summed E-state index contributed by atoms with van der Waals surface area (Å²) in [7, 11) is -7.50. The van der Waals surface area contributed by atoms with Gasteiger partial charge in [0.2, 0.25) is 0 Å². The maximum Gasteiger partial charge on any atom is 0.310 e. The van der Waals surface area contributed by atoms with Crippen LogP contribution < -0.4 is 19.7 Å². The van der Waals surface area contributed by atoms with Gasteiger partial charge in [0.1, 0.15) is 11.5 Å². The van der Waals surface area contributed by atoms with Gasteiger partial charge >= 0.3 is 14.7 Å². The summed E-state index contributed by atoms with van der Waals surface area (Å²) >= 11 is 0. The van der Waals surface area contributed by atoms with Crippen LogP contribution in [0.3, 0.4) is 0 Å². The summed E-state index contributed by atoms with van der Waals surface area (Å²) < 4.78 is 57.5. The molecule has 0 aliphatic carbocycles. The van der Waals surface area contributed by atoms with E-state index in [1.807, 2.05) is 182 Å². The maximum absolute atomic E-state index is 15.5. The molecule has 0 fully saturated rings. The standard InChI is InChI=1S/C46H36O6P2/c47-53(43-25-13-9-21-39(43)37-19-7-11-23-41(37)51-53)45(49-31-33-15-3-1-4-16-33)35-27-29-36(30-28-35)46(50-32-34-17-5-2-6-18-34)54(48)44-26-14-10-22-40(44)38-20-8-12-24-42(38)52-54/h1-30,45-46H,31-32H2. The van der Waals surface area contributed by atoms with E-state index in [9.17, 15) is 0 Å². The molecule has 7 aromatic rings. The van der Waals surface area contributed by atoms with Gasteiger partial charge in [-0.2, -0.15) is 0 Å². The van der Waals surface area contributed by atoms with Crippen molar-refractivity contribution in [1.29, 1.82) is 0 Å². The lowest BCUT2D eigenvalue weighted by molar-refractivity contribution is 0.0838. The minimum atomic E-state index is -3.75. The molecule has 9 rings (SSSR count). The zero-order valence-electron chi connectivity index (χ0n) is 29.2. The molecule has 4 atom stereocenters. The van der Waals surface area contributed by atoms with E-state index in [4.69, 9.17) is 18.5 Å². The predicted octanol–water partition coefficient (Wildman–Crippen LogP) is 11.4. The smallest absolute Gasteiger partial charge is 0.310 e. The van der Waals surface area contributed by atoms with E-state index >= 15 is 9.13 Å². The van der Waals surface area contributed by atoms with Crippen molar-refractivity contribution in [3.05, 3.63) is 204 Å². The summed E-state index contributed by atoms with van der Waals surface area (Å²) in [6, 6.07) is 57.8. The van der Waals surface area contributed by atoms with E-state index in [1.165, 1.54) is 0 Å². The Hall–Kier alpha value is -5.48. The highest BCUT2D eigenvalue weighted by Gasteiger charge is 2.47. The third kappa shape index (κ3) is 6.22. The van der Waals surface area contributed by atoms with Crippen molar-refractivity contribution in [3.8, 4) is 33.8 Å². The minimum Gasteiger partial charge on any atom is -0.437 e. The summed E-state index contributed by atoms with van der Waals surface area (Å²) in [5.74, 6) is -0.824. The Kier molecular flexibility index (Phi) is 9.14. The third-order valence-electron chi connectivity index (χ3n) is 9.93. The number of para-hydroxylation sites is 2. The van der Waals surface area contributed by atoms with Gasteiger partial charge in [-0.3, -0.25) is 9.13 Å². The first-order valence-corrected chi connectivity index (χ1v) is 21.3. The lowest BCUT2D eigenvalue weighted by Crippen LogP contribution is -2.24. The van der Waals surface area contributed by atoms with Crippen LogP contribution >= 0.6 is 14.7 Å². The molecular formula is C46H36O6P2. The van der Waals surface area contributed by atoms with Crippen LogP contribution in [-0.2, 0) is 31.8 Å². The molecule has 0 amide bonds. The molecule has 7 aromatic carbocycles. The molecule has 0 N–H and O–H groups in total. The SMILES string of the molecule is O=P1(C(OCc2ccccc2)c2ccc(C(OCc3ccccc3)P3(=O)Oc4ccccc4-c4ccccc43)cc2)Oc2ccccc2-c2ccccc21. The largest absolute Gasteiger partial charge is 0.437 e. The Bertz CT molecular complexity index is 2360. The van der Waals surface area contributed by atoms with E-state index in [0.29, 0.717) is 33.2 Å². The molecule has 0 spiro atoms. The second kappa shape index (κ2) is 14.4. The lowest BCUT2D eigenvalue weighted by atomic mass is 10.0. The van der Waals surface area contributed by atoms with Gasteiger partial charge < -0.3 is 18.5 Å². The molecule has 2 aliphatic heterocycles. The maximum atomic E-state index is 15.5. The van der Waals surface area contributed by atoms with Crippen LogP contribution in [0.4, 0.5) is 0 Å². The van der Waals surface area contributed by atoms with Crippen molar-refractivity contribution in [3.63, 3.8) is 0 Å². The lowest BCUT2D eigenvalue weighted by Gasteiger charge is -2.35. The topological polar surface area (TPSA) is 71.1 Å². The monoisotopic (exact) mass is 746 g/mol. The Balaban J connectivity index is 1.14. The fraction of sp³-hybridized carbons (Fsp3) is 0.0870. The van der Waals surface area contributed by atoms with Crippen LogP contribution in [0.1, 0.15) is 33.9 Å².